The maximum atomic E-state index is 12.4. The molecule has 1 aromatic carbocycles. The zero-order valence-corrected chi connectivity index (χ0v) is 11.8. The molecule has 1 aliphatic heterocycles. The molecule has 104 valence electrons. The summed E-state index contributed by atoms with van der Waals surface area (Å²) in [5.41, 5.74) is 7.53. The number of carbonyl (C=O) groups excluding carboxylic acids is 1. The number of likely N-dealkylation sites (tertiary alicyclic amines) is 1. The third-order valence-electron chi connectivity index (χ3n) is 4.11. The predicted octanol–water partition coefficient (Wildman–Crippen LogP) is 2.45. The average Bonchev–Trinajstić information content (AvgIpc) is 2.48. The first-order valence-corrected chi connectivity index (χ1v) is 7.33. The smallest absolute Gasteiger partial charge is 0.253 e. The van der Waals surface area contributed by atoms with Crippen molar-refractivity contribution in [1.82, 2.24) is 4.90 Å². The van der Waals surface area contributed by atoms with Gasteiger partial charge in [0.15, 0.2) is 0 Å². The Kier molecular flexibility index (Phi) is 4.97. The summed E-state index contributed by atoms with van der Waals surface area (Å²) in [6.45, 7) is 4.69. The quantitative estimate of drug-likeness (QED) is 0.904. The van der Waals surface area contributed by atoms with Gasteiger partial charge in [0.2, 0.25) is 0 Å². The van der Waals surface area contributed by atoms with Crippen LogP contribution in [0.25, 0.3) is 0 Å². The highest BCUT2D eigenvalue weighted by atomic mass is 16.2. The van der Waals surface area contributed by atoms with E-state index >= 15 is 0 Å². The molecule has 0 radical (unpaired) electrons. The Morgan fingerprint density at radius 3 is 2.42 bits per heavy atom. The predicted molar refractivity (Wildman–Crippen MR) is 78.1 cm³/mol. The van der Waals surface area contributed by atoms with Crippen LogP contribution in [0, 0.1) is 5.92 Å². The molecular weight excluding hydrogens is 236 g/mol. The summed E-state index contributed by atoms with van der Waals surface area (Å²) in [7, 11) is 0. The Hall–Kier alpha value is -1.35. The molecule has 3 nitrogen and oxygen atoms in total. The summed E-state index contributed by atoms with van der Waals surface area (Å²) in [4.78, 5) is 14.4. The van der Waals surface area contributed by atoms with Crippen molar-refractivity contribution in [2.45, 2.75) is 32.6 Å². The molecule has 1 saturated heterocycles. The highest BCUT2D eigenvalue weighted by Crippen LogP contribution is 2.21. The number of nitrogens with zero attached hydrogens (tertiary/aromatic N) is 1. The Bertz CT molecular complexity index is 405. The van der Waals surface area contributed by atoms with Gasteiger partial charge in [0.25, 0.3) is 5.91 Å². The molecule has 0 aromatic heterocycles. The summed E-state index contributed by atoms with van der Waals surface area (Å²) in [6, 6.07) is 7.89. The molecule has 1 heterocycles. The largest absolute Gasteiger partial charge is 0.339 e. The van der Waals surface area contributed by atoms with Crippen LogP contribution in [0.15, 0.2) is 24.3 Å². The van der Waals surface area contributed by atoms with Crippen molar-refractivity contribution in [1.29, 1.82) is 0 Å². The topological polar surface area (TPSA) is 46.3 Å². The third-order valence-corrected chi connectivity index (χ3v) is 4.11. The lowest BCUT2D eigenvalue weighted by Gasteiger charge is -2.31. The molecule has 1 fully saturated rings. The van der Waals surface area contributed by atoms with E-state index in [2.05, 4.69) is 6.92 Å². The van der Waals surface area contributed by atoms with E-state index in [1.165, 1.54) is 12.0 Å². The van der Waals surface area contributed by atoms with Crippen molar-refractivity contribution in [3.63, 3.8) is 0 Å². The van der Waals surface area contributed by atoms with Gasteiger partial charge in [-0.1, -0.05) is 25.5 Å². The maximum absolute atomic E-state index is 12.4. The Balaban J connectivity index is 1.96. The Morgan fingerprint density at radius 1 is 1.26 bits per heavy atom. The van der Waals surface area contributed by atoms with Crippen LogP contribution in [0.1, 0.15) is 42.1 Å². The number of rotatable bonds is 4. The van der Waals surface area contributed by atoms with Crippen LogP contribution >= 0.6 is 0 Å². The molecule has 19 heavy (non-hydrogen) atoms. The first kappa shape index (κ1) is 14.1. The van der Waals surface area contributed by atoms with Crippen molar-refractivity contribution in [2.75, 3.05) is 19.6 Å². The first-order chi connectivity index (χ1) is 9.24. The van der Waals surface area contributed by atoms with E-state index in [4.69, 9.17) is 5.73 Å². The van der Waals surface area contributed by atoms with Crippen molar-refractivity contribution < 1.29 is 4.79 Å². The summed E-state index contributed by atoms with van der Waals surface area (Å²) in [5.74, 6) is 0.977. The lowest BCUT2D eigenvalue weighted by Crippen LogP contribution is -2.38. The highest BCUT2D eigenvalue weighted by Gasteiger charge is 2.22. The number of hydrogen-bond acceptors (Lipinski definition) is 2. The maximum Gasteiger partial charge on any atom is 0.253 e. The number of amides is 1. The molecule has 0 bridgehead atoms. The fourth-order valence-corrected chi connectivity index (χ4v) is 2.71. The van der Waals surface area contributed by atoms with E-state index in [1.54, 1.807) is 0 Å². The molecule has 1 amide bonds. The molecule has 0 unspecified atom stereocenters. The van der Waals surface area contributed by atoms with E-state index in [1.807, 2.05) is 29.2 Å². The summed E-state index contributed by atoms with van der Waals surface area (Å²) in [5, 5.41) is 0. The fourth-order valence-electron chi connectivity index (χ4n) is 2.71. The van der Waals surface area contributed by atoms with Gasteiger partial charge in [0.05, 0.1) is 0 Å². The van der Waals surface area contributed by atoms with Crippen molar-refractivity contribution in [3.8, 4) is 0 Å². The number of nitrogens with two attached hydrogens (primary N) is 1. The number of hydrogen-bond donors (Lipinski definition) is 1. The molecule has 1 aromatic rings. The second kappa shape index (κ2) is 6.71. The Labute approximate surface area is 115 Å². The monoisotopic (exact) mass is 260 g/mol. The van der Waals surface area contributed by atoms with Gasteiger partial charge in [-0.3, -0.25) is 4.79 Å². The van der Waals surface area contributed by atoms with Crippen LogP contribution in [-0.2, 0) is 6.42 Å². The van der Waals surface area contributed by atoms with Gasteiger partial charge >= 0.3 is 0 Å². The fraction of sp³-hybridized carbons (Fsp3) is 0.562. The van der Waals surface area contributed by atoms with Gasteiger partial charge in [-0.2, -0.15) is 0 Å². The average molecular weight is 260 g/mol. The summed E-state index contributed by atoms with van der Waals surface area (Å²) >= 11 is 0. The minimum Gasteiger partial charge on any atom is -0.339 e. The lowest BCUT2D eigenvalue weighted by molar-refractivity contribution is 0.0689. The van der Waals surface area contributed by atoms with Gasteiger partial charge in [0, 0.05) is 18.7 Å². The second-order valence-electron chi connectivity index (χ2n) is 5.38. The zero-order chi connectivity index (χ0) is 13.7. The third kappa shape index (κ3) is 3.57. The van der Waals surface area contributed by atoms with Crippen LogP contribution in [0.2, 0.25) is 0 Å². The minimum atomic E-state index is 0.175. The lowest BCUT2D eigenvalue weighted by atomic mass is 9.94. The van der Waals surface area contributed by atoms with Crippen molar-refractivity contribution in [2.24, 2.45) is 11.7 Å². The van der Waals surface area contributed by atoms with Crippen molar-refractivity contribution >= 4 is 5.91 Å². The highest BCUT2D eigenvalue weighted by molar-refractivity contribution is 5.94. The number of carbonyl (C=O) groups is 1. The summed E-state index contributed by atoms with van der Waals surface area (Å²) in [6.07, 6.45) is 4.40. The van der Waals surface area contributed by atoms with Crippen LogP contribution in [0.5, 0.6) is 0 Å². The van der Waals surface area contributed by atoms with E-state index in [-0.39, 0.29) is 5.91 Å². The molecule has 0 spiro atoms. The molecule has 2 rings (SSSR count). The van der Waals surface area contributed by atoms with Crippen LogP contribution in [0.4, 0.5) is 0 Å². The SMILES string of the molecule is CCC1CCN(C(=O)c2ccc(CCN)cc2)CC1. The normalized spacial score (nSPS) is 16.6. The van der Waals surface area contributed by atoms with E-state index in [0.29, 0.717) is 6.54 Å². The number of piperidine rings is 1. The number of benzene rings is 1. The molecule has 3 heteroatoms. The molecule has 2 N–H and O–H groups in total. The van der Waals surface area contributed by atoms with Crippen LogP contribution < -0.4 is 5.73 Å². The van der Waals surface area contributed by atoms with Gasteiger partial charge in [-0.05, 0) is 49.4 Å². The van der Waals surface area contributed by atoms with E-state index in [0.717, 1.165) is 43.8 Å². The second-order valence-corrected chi connectivity index (χ2v) is 5.38. The Morgan fingerprint density at radius 2 is 1.89 bits per heavy atom. The van der Waals surface area contributed by atoms with Crippen molar-refractivity contribution in [3.05, 3.63) is 35.4 Å². The van der Waals surface area contributed by atoms with Crippen LogP contribution in [-0.4, -0.2) is 30.4 Å². The molecule has 0 saturated carbocycles. The standard InChI is InChI=1S/C16H24N2O/c1-2-13-8-11-18(12-9-13)16(19)15-5-3-14(4-6-15)7-10-17/h3-6,13H,2,7-12,17H2,1H3. The van der Waals surface area contributed by atoms with Gasteiger partial charge in [-0.15, -0.1) is 0 Å². The summed E-state index contributed by atoms with van der Waals surface area (Å²) < 4.78 is 0. The molecule has 1 aliphatic rings. The van der Waals surface area contributed by atoms with Gasteiger partial charge < -0.3 is 10.6 Å². The van der Waals surface area contributed by atoms with E-state index in [9.17, 15) is 4.79 Å². The molecule has 0 aliphatic carbocycles. The van der Waals surface area contributed by atoms with Gasteiger partial charge in [-0.25, -0.2) is 0 Å². The van der Waals surface area contributed by atoms with E-state index < -0.39 is 0 Å². The van der Waals surface area contributed by atoms with Gasteiger partial charge in [0.1, 0.15) is 0 Å². The zero-order valence-electron chi connectivity index (χ0n) is 11.8. The minimum absolute atomic E-state index is 0.175. The first-order valence-electron chi connectivity index (χ1n) is 7.33. The molecular formula is C16H24N2O. The van der Waals surface area contributed by atoms with Crippen LogP contribution in [0.3, 0.4) is 0 Å². The molecule has 0 atom stereocenters.